The van der Waals surface area contributed by atoms with Gasteiger partial charge in [0.05, 0.1) is 5.75 Å². The Labute approximate surface area is 134 Å². The van der Waals surface area contributed by atoms with E-state index < -0.39 is 10.0 Å². The summed E-state index contributed by atoms with van der Waals surface area (Å²) in [4.78, 5) is 0. The van der Waals surface area contributed by atoms with Gasteiger partial charge >= 0.3 is 0 Å². The van der Waals surface area contributed by atoms with E-state index in [0.717, 1.165) is 24.2 Å². The molecule has 5 heteroatoms. The highest BCUT2D eigenvalue weighted by molar-refractivity contribution is 7.89. The number of nitrogens with one attached hydrogen (secondary N) is 1. The second-order valence-electron chi connectivity index (χ2n) is 7.83. The Morgan fingerprint density at radius 1 is 1.10 bits per heavy atom. The van der Waals surface area contributed by atoms with E-state index in [0.29, 0.717) is 12.3 Å². The van der Waals surface area contributed by atoms with Crippen LogP contribution in [0, 0.1) is 23.2 Å². The molecule has 0 amide bonds. The molecule has 3 nitrogen and oxygen atoms in total. The fraction of sp³-hybridized carbons (Fsp3) is 1.00. The van der Waals surface area contributed by atoms with Gasteiger partial charge < -0.3 is 0 Å². The molecule has 0 aromatic carbocycles. The van der Waals surface area contributed by atoms with Gasteiger partial charge in [-0.15, -0.1) is 11.6 Å². The van der Waals surface area contributed by atoms with E-state index in [1.807, 2.05) is 0 Å². The monoisotopic (exact) mass is 333 g/mol. The summed E-state index contributed by atoms with van der Waals surface area (Å²) in [5, 5.41) is 0. The van der Waals surface area contributed by atoms with Crippen molar-refractivity contribution >= 4 is 21.6 Å². The summed E-state index contributed by atoms with van der Waals surface area (Å²) in [6, 6.07) is 0.0897. The van der Waals surface area contributed by atoms with Gasteiger partial charge in [-0.1, -0.05) is 0 Å². The van der Waals surface area contributed by atoms with E-state index in [9.17, 15) is 8.42 Å². The van der Waals surface area contributed by atoms with Gasteiger partial charge in [0.25, 0.3) is 0 Å². The molecule has 0 radical (unpaired) electrons. The third-order valence-electron chi connectivity index (χ3n) is 6.16. The summed E-state index contributed by atoms with van der Waals surface area (Å²) in [5.41, 5.74) is 0.244. The molecular formula is C16H28ClNO2S. The zero-order chi connectivity index (χ0) is 15.1. The Morgan fingerprint density at radius 3 is 2.10 bits per heavy atom. The number of alkyl halides is 1. The smallest absolute Gasteiger partial charge is 0.211 e. The van der Waals surface area contributed by atoms with E-state index in [1.165, 1.54) is 38.5 Å². The number of sulfonamides is 1. The first-order valence-corrected chi connectivity index (χ1v) is 10.7. The number of hydrogen-bond donors (Lipinski definition) is 1. The summed E-state index contributed by atoms with van der Waals surface area (Å²) in [6.07, 6.45) is 9.34. The van der Waals surface area contributed by atoms with Gasteiger partial charge in [0.15, 0.2) is 0 Å². The van der Waals surface area contributed by atoms with Gasteiger partial charge in [0, 0.05) is 11.9 Å². The Balaban J connectivity index is 1.64. The van der Waals surface area contributed by atoms with Crippen molar-refractivity contribution in [3.05, 3.63) is 0 Å². The lowest BCUT2D eigenvalue weighted by atomic mass is 9.48. The molecule has 4 saturated carbocycles. The standard InChI is InChI=1S/C16H28ClNO2S/c1-12(18-21(19,20)5-3-2-4-17)16-9-13-6-14(10-16)8-15(7-13)11-16/h12-15,18H,2-11H2,1H3. The van der Waals surface area contributed by atoms with E-state index in [2.05, 4.69) is 11.6 Å². The Morgan fingerprint density at radius 2 is 1.62 bits per heavy atom. The third kappa shape index (κ3) is 3.42. The minimum Gasteiger partial charge on any atom is -0.212 e. The van der Waals surface area contributed by atoms with Crippen LogP contribution < -0.4 is 4.72 Å². The summed E-state index contributed by atoms with van der Waals surface area (Å²) in [5.74, 6) is 3.34. The first-order chi connectivity index (χ1) is 9.92. The molecule has 0 heterocycles. The summed E-state index contributed by atoms with van der Waals surface area (Å²) < 4.78 is 27.5. The van der Waals surface area contributed by atoms with E-state index in [4.69, 9.17) is 11.6 Å². The third-order valence-corrected chi connectivity index (χ3v) is 7.96. The molecule has 1 atom stereocenters. The minimum absolute atomic E-state index is 0.0897. The normalized spacial score (nSPS) is 39.6. The van der Waals surface area contributed by atoms with Crippen LogP contribution in [0.25, 0.3) is 0 Å². The van der Waals surface area contributed by atoms with Gasteiger partial charge in [-0.05, 0) is 81.5 Å². The maximum atomic E-state index is 12.3. The lowest BCUT2D eigenvalue weighted by molar-refractivity contribution is -0.0666. The van der Waals surface area contributed by atoms with Crippen LogP contribution in [0.3, 0.4) is 0 Å². The van der Waals surface area contributed by atoms with Crippen LogP contribution in [0.4, 0.5) is 0 Å². The van der Waals surface area contributed by atoms with Gasteiger partial charge in [0.1, 0.15) is 0 Å². The summed E-state index contributed by atoms with van der Waals surface area (Å²) in [7, 11) is -3.16. The second-order valence-corrected chi connectivity index (χ2v) is 10.1. The molecule has 122 valence electrons. The number of hydrogen-bond acceptors (Lipinski definition) is 2. The highest BCUT2D eigenvalue weighted by Crippen LogP contribution is 2.61. The van der Waals surface area contributed by atoms with Crippen molar-refractivity contribution in [3.8, 4) is 0 Å². The Bertz CT molecular complexity index is 441. The van der Waals surface area contributed by atoms with Crippen molar-refractivity contribution in [1.82, 2.24) is 4.72 Å². The van der Waals surface area contributed by atoms with E-state index in [-0.39, 0.29) is 17.2 Å². The van der Waals surface area contributed by atoms with Crippen LogP contribution in [0.2, 0.25) is 0 Å². The van der Waals surface area contributed by atoms with Crippen LogP contribution in [0.5, 0.6) is 0 Å². The van der Waals surface area contributed by atoms with Crippen LogP contribution in [0.1, 0.15) is 58.3 Å². The highest BCUT2D eigenvalue weighted by atomic mass is 35.5. The maximum Gasteiger partial charge on any atom is 0.211 e. The molecule has 4 aliphatic carbocycles. The van der Waals surface area contributed by atoms with E-state index >= 15 is 0 Å². The van der Waals surface area contributed by atoms with Crippen molar-refractivity contribution in [1.29, 1.82) is 0 Å². The molecule has 0 spiro atoms. The van der Waals surface area contributed by atoms with Gasteiger partial charge in [-0.3, -0.25) is 0 Å². The van der Waals surface area contributed by atoms with Gasteiger partial charge in [-0.25, -0.2) is 13.1 Å². The molecule has 4 aliphatic rings. The molecule has 4 fully saturated rings. The molecule has 4 rings (SSSR count). The van der Waals surface area contributed by atoms with Crippen LogP contribution >= 0.6 is 11.6 Å². The molecule has 0 saturated heterocycles. The van der Waals surface area contributed by atoms with Crippen LogP contribution in [-0.4, -0.2) is 26.1 Å². The van der Waals surface area contributed by atoms with Crippen molar-refractivity contribution in [2.45, 2.75) is 64.3 Å². The highest BCUT2D eigenvalue weighted by Gasteiger charge is 2.53. The summed E-state index contributed by atoms with van der Waals surface area (Å²) in [6.45, 7) is 2.10. The minimum atomic E-state index is -3.16. The molecule has 4 bridgehead atoms. The lowest BCUT2D eigenvalue weighted by Crippen LogP contribution is -2.56. The fourth-order valence-corrected chi connectivity index (χ4v) is 7.23. The Kier molecular flexibility index (Phi) is 4.60. The molecule has 0 aromatic rings. The van der Waals surface area contributed by atoms with Gasteiger partial charge in [0.2, 0.25) is 10.0 Å². The quantitative estimate of drug-likeness (QED) is 0.572. The topological polar surface area (TPSA) is 46.2 Å². The van der Waals surface area contributed by atoms with Crippen LogP contribution in [0.15, 0.2) is 0 Å². The predicted molar refractivity (Wildman–Crippen MR) is 86.9 cm³/mol. The number of rotatable bonds is 7. The molecule has 0 aliphatic heterocycles. The molecule has 0 aromatic heterocycles. The largest absolute Gasteiger partial charge is 0.212 e. The molecule has 1 N–H and O–H groups in total. The Hall–Kier alpha value is 0.200. The van der Waals surface area contributed by atoms with Crippen molar-refractivity contribution in [2.75, 3.05) is 11.6 Å². The molecular weight excluding hydrogens is 306 g/mol. The molecule has 21 heavy (non-hydrogen) atoms. The first kappa shape index (κ1) is 16.1. The SMILES string of the molecule is CC(NS(=O)(=O)CCCCCl)C12CC3CC(CC(C3)C1)C2. The van der Waals surface area contributed by atoms with Crippen molar-refractivity contribution in [2.24, 2.45) is 23.2 Å². The fourth-order valence-electron chi connectivity index (χ4n) is 5.55. The van der Waals surface area contributed by atoms with Crippen molar-refractivity contribution < 1.29 is 8.42 Å². The maximum absolute atomic E-state index is 12.3. The lowest BCUT2D eigenvalue weighted by Gasteiger charge is -2.59. The predicted octanol–water partition coefficient (Wildman–Crippen LogP) is 3.53. The number of unbranched alkanes of at least 4 members (excludes halogenated alkanes) is 1. The summed E-state index contributed by atoms with van der Waals surface area (Å²) >= 11 is 5.63. The second kappa shape index (κ2) is 6.01. The zero-order valence-corrected chi connectivity index (χ0v) is 14.6. The average molecular weight is 334 g/mol. The van der Waals surface area contributed by atoms with Crippen molar-refractivity contribution in [3.63, 3.8) is 0 Å². The first-order valence-electron chi connectivity index (χ1n) is 8.48. The van der Waals surface area contributed by atoms with Gasteiger partial charge in [-0.2, -0.15) is 0 Å². The average Bonchev–Trinajstić information content (AvgIpc) is 2.36. The number of halogens is 1. The zero-order valence-electron chi connectivity index (χ0n) is 13.0. The van der Waals surface area contributed by atoms with E-state index in [1.54, 1.807) is 0 Å². The van der Waals surface area contributed by atoms with Crippen LogP contribution in [-0.2, 0) is 10.0 Å². The molecule has 1 unspecified atom stereocenters.